The van der Waals surface area contributed by atoms with Crippen LogP contribution in [0, 0.1) is 0 Å². The van der Waals surface area contributed by atoms with E-state index in [0.717, 1.165) is 0 Å². The third kappa shape index (κ3) is 3.63. The van der Waals surface area contributed by atoms with Crippen LogP contribution in [0.1, 0.15) is 6.92 Å². The topological polar surface area (TPSA) is 136 Å². The highest BCUT2D eigenvalue weighted by molar-refractivity contribution is 5.85. The second-order valence-electron chi connectivity index (χ2n) is 4.04. The lowest BCUT2D eigenvalue weighted by molar-refractivity contribution is 0.0214. The van der Waals surface area contributed by atoms with E-state index in [2.05, 4.69) is 20.6 Å². The van der Waals surface area contributed by atoms with Crippen molar-refractivity contribution in [2.45, 2.75) is 25.2 Å². The monoisotopic (exact) mass is 313 g/mol. The van der Waals surface area contributed by atoms with Crippen molar-refractivity contribution in [3.8, 4) is 0 Å². The van der Waals surface area contributed by atoms with Gasteiger partial charge in [-0.15, -0.1) is 24.8 Å². The molecule has 3 atom stereocenters. The molecule has 0 radical (unpaired) electrons. The molecule has 1 aliphatic heterocycles. The molecule has 0 bridgehead atoms. The van der Waals surface area contributed by atoms with E-state index in [0.29, 0.717) is 12.4 Å². The number of halogens is 2. The Morgan fingerprint density at radius 3 is 2.63 bits per heavy atom. The largest absolute Gasteiger partial charge is 0.391 e. The van der Waals surface area contributed by atoms with E-state index in [4.69, 9.17) is 5.73 Å². The molecular formula is C9H17Cl2N5O3. The van der Waals surface area contributed by atoms with E-state index in [-0.39, 0.29) is 36.4 Å². The average Bonchev–Trinajstić information content (AvgIpc) is 2.27. The molecule has 0 aliphatic carbocycles. The molecule has 1 aromatic rings. The highest BCUT2D eigenvalue weighted by atomic mass is 35.5. The molecule has 7 N–H and O–H groups in total. The van der Waals surface area contributed by atoms with Gasteiger partial charge in [-0.25, -0.2) is 0 Å². The van der Waals surface area contributed by atoms with Gasteiger partial charge in [0.1, 0.15) is 11.8 Å². The first-order valence-corrected chi connectivity index (χ1v) is 5.25. The minimum atomic E-state index is -0.979. The Bertz CT molecular complexity index is 481. The number of nitrogens with two attached hydrogens (primary N) is 1. The molecule has 1 aliphatic rings. The molecular weight excluding hydrogens is 297 g/mol. The second kappa shape index (κ2) is 6.80. The van der Waals surface area contributed by atoms with Gasteiger partial charge >= 0.3 is 0 Å². The highest BCUT2D eigenvalue weighted by Crippen LogP contribution is 2.21. The number of nitrogens with zero attached hydrogens (tertiary/aromatic N) is 1. The van der Waals surface area contributed by atoms with Crippen LogP contribution in [0.3, 0.4) is 0 Å². The SMILES string of the molecule is C[C@H](O)C(O)C1CNc2nc(N)[nH]c(=O)c2N1.Cl.Cl. The smallest absolute Gasteiger partial charge is 0.277 e. The minimum absolute atomic E-state index is 0. The zero-order chi connectivity index (χ0) is 12.6. The third-order valence-electron chi connectivity index (χ3n) is 2.66. The first-order chi connectivity index (χ1) is 7.99. The van der Waals surface area contributed by atoms with Crippen molar-refractivity contribution in [1.29, 1.82) is 0 Å². The van der Waals surface area contributed by atoms with Gasteiger partial charge in [0.25, 0.3) is 5.56 Å². The number of anilines is 3. The summed E-state index contributed by atoms with van der Waals surface area (Å²) in [5, 5.41) is 24.7. The lowest BCUT2D eigenvalue weighted by Crippen LogP contribution is -2.48. The summed E-state index contributed by atoms with van der Waals surface area (Å²) in [7, 11) is 0. The molecule has 0 spiro atoms. The van der Waals surface area contributed by atoms with Crippen molar-refractivity contribution in [1.82, 2.24) is 9.97 Å². The van der Waals surface area contributed by atoms with Gasteiger partial charge in [0.2, 0.25) is 5.95 Å². The van der Waals surface area contributed by atoms with Crippen LogP contribution < -0.4 is 21.9 Å². The predicted molar refractivity (Wildman–Crippen MR) is 77.4 cm³/mol. The number of nitrogens with one attached hydrogen (secondary N) is 3. The number of aliphatic hydroxyl groups excluding tert-OH is 2. The van der Waals surface area contributed by atoms with Crippen molar-refractivity contribution < 1.29 is 10.2 Å². The predicted octanol–water partition coefficient (Wildman–Crippen LogP) is -0.857. The van der Waals surface area contributed by atoms with Crippen LogP contribution in [0.15, 0.2) is 4.79 Å². The van der Waals surface area contributed by atoms with Gasteiger partial charge in [-0.3, -0.25) is 9.78 Å². The Hall–Kier alpha value is -1.22. The molecule has 110 valence electrons. The van der Waals surface area contributed by atoms with Crippen molar-refractivity contribution in [3.63, 3.8) is 0 Å². The van der Waals surface area contributed by atoms with E-state index in [1.54, 1.807) is 0 Å². The fraction of sp³-hybridized carbons (Fsp3) is 0.556. The van der Waals surface area contributed by atoms with Crippen LogP contribution in [0.2, 0.25) is 0 Å². The summed E-state index contributed by atoms with van der Waals surface area (Å²) in [5.74, 6) is 0.373. The van der Waals surface area contributed by atoms with Gasteiger partial charge in [0, 0.05) is 6.54 Å². The number of hydrogen-bond donors (Lipinski definition) is 6. The fourth-order valence-corrected chi connectivity index (χ4v) is 1.74. The maximum Gasteiger partial charge on any atom is 0.277 e. The molecule has 0 aromatic carbocycles. The van der Waals surface area contributed by atoms with Crippen LogP contribution in [0.25, 0.3) is 0 Å². The van der Waals surface area contributed by atoms with Crippen LogP contribution >= 0.6 is 24.8 Å². The van der Waals surface area contributed by atoms with Gasteiger partial charge in [-0.1, -0.05) is 0 Å². The van der Waals surface area contributed by atoms with Crippen molar-refractivity contribution in [2.24, 2.45) is 0 Å². The van der Waals surface area contributed by atoms with Crippen LogP contribution in [0.5, 0.6) is 0 Å². The Balaban J connectivity index is 0.00000162. The summed E-state index contributed by atoms with van der Waals surface area (Å²) in [5.41, 5.74) is 5.20. The summed E-state index contributed by atoms with van der Waals surface area (Å²) in [6.45, 7) is 1.82. The van der Waals surface area contributed by atoms with Gasteiger partial charge < -0.3 is 26.6 Å². The zero-order valence-corrected chi connectivity index (χ0v) is 11.7. The third-order valence-corrected chi connectivity index (χ3v) is 2.66. The summed E-state index contributed by atoms with van der Waals surface area (Å²) in [6, 6.07) is -0.464. The number of H-pyrrole nitrogens is 1. The maximum atomic E-state index is 11.6. The van der Waals surface area contributed by atoms with E-state index in [1.165, 1.54) is 6.92 Å². The molecule has 0 saturated heterocycles. The lowest BCUT2D eigenvalue weighted by atomic mass is 10.0. The molecule has 1 aromatic heterocycles. The van der Waals surface area contributed by atoms with E-state index in [1.807, 2.05) is 0 Å². The molecule has 0 amide bonds. The standard InChI is InChI=1S/C9H15N5O3.2ClH/c1-3(15)6(16)4-2-11-7-5(12-4)8(17)14-9(10)13-7;;/h3-4,6,12,15-16H,2H2,1H3,(H4,10,11,13,14,17);2*1H/t3-,4?,6?;;/m0../s1. The summed E-state index contributed by atoms with van der Waals surface area (Å²) in [4.78, 5) is 17.9. The Morgan fingerprint density at radius 2 is 2.05 bits per heavy atom. The van der Waals surface area contributed by atoms with Crippen molar-refractivity contribution in [3.05, 3.63) is 10.4 Å². The van der Waals surface area contributed by atoms with Crippen molar-refractivity contribution in [2.75, 3.05) is 22.9 Å². The van der Waals surface area contributed by atoms with Crippen LogP contribution in [-0.4, -0.2) is 45.0 Å². The number of nitrogen functional groups attached to an aromatic ring is 1. The van der Waals surface area contributed by atoms with Crippen LogP contribution in [-0.2, 0) is 0 Å². The molecule has 2 unspecified atom stereocenters. The van der Waals surface area contributed by atoms with Gasteiger partial charge in [0.15, 0.2) is 5.82 Å². The number of hydrogen-bond acceptors (Lipinski definition) is 7. The Labute approximate surface area is 121 Å². The molecule has 2 rings (SSSR count). The summed E-state index contributed by atoms with van der Waals surface area (Å²) < 4.78 is 0. The number of aromatic amines is 1. The zero-order valence-electron chi connectivity index (χ0n) is 10.1. The number of aliphatic hydroxyl groups is 2. The molecule has 19 heavy (non-hydrogen) atoms. The lowest BCUT2D eigenvalue weighted by Gasteiger charge is -2.31. The molecule has 0 fully saturated rings. The maximum absolute atomic E-state index is 11.6. The average molecular weight is 314 g/mol. The number of rotatable bonds is 2. The molecule has 8 nitrogen and oxygen atoms in total. The molecule has 10 heteroatoms. The van der Waals surface area contributed by atoms with Crippen molar-refractivity contribution >= 4 is 42.3 Å². The number of aromatic nitrogens is 2. The van der Waals surface area contributed by atoms with E-state index >= 15 is 0 Å². The highest BCUT2D eigenvalue weighted by Gasteiger charge is 2.29. The Kier molecular flexibility index (Phi) is 6.37. The van der Waals surface area contributed by atoms with E-state index in [9.17, 15) is 15.0 Å². The number of fused-ring (bicyclic) bond motifs is 1. The van der Waals surface area contributed by atoms with Gasteiger partial charge in [0.05, 0.1) is 12.1 Å². The van der Waals surface area contributed by atoms with Crippen LogP contribution in [0.4, 0.5) is 17.5 Å². The normalized spacial score (nSPS) is 19.6. The molecule has 0 saturated carbocycles. The van der Waals surface area contributed by atoms with E-state index < -0.39 is 23.8 Å². The minimum Gasteiger partial charge on any atom is -0.391 e. The fourth-order valence-electron chi connectivity index (χ4n) is 1.74. The molecule has 2 heterocycles. The first kappa shape index (κ1) is 17.8. The Morgan fingerprint density at radius 1 is 1.42 bits per heavy atom. The van der Waals surface area contributed by atoms with Gasteiger partial charge in [-0.2, -0.15) is 4.98 Å². The second-order valence-corrected chi connectivity index (χ2v) is 4.04. The quantitative estimate of drug-likeness (QED) is 0.418. The van der Waals surface area contributed by atoms with Gasteiger partial charge in [-0.05, 0) is 6.92 Å². The summed E-state index contributed by atoms with van der Waals surface area (Å²) >= 11 is 0. The summed E-state index contributed by atoms with van der Waals surface area (Å²) in [6.07, 6.45) is -1.87. The first-order valence-electron chi connectivity index (χ1n) is 5.25.